The molecule has 0 heterocycles. The van der Waals surface area contributed by atoms with Crippen molar-refractivity contribution in [2.75, 3.05) is 5.32 Å². The van der Waals surface area contributed by atoms with Crippen LogP contribution in [0.15, 0.2) is 36.4 Å². The van der Waals surface area contributed by atoms with Gasteiger partial charge in [-0.1, -0.05) is 23.7 Å². The van der Waals surface area contributed by atoms with Gasteiger partial charge in [0.2, 0.25) is 0 Å². The number of carbonyl (C=O) groups is 2. The number of aryl methyl sites for hydroxylation is 1. The van der Waals surface area contributed by atoms with Crippen LogP contribution in [-0.4, -0.2) is 22.1 Å². The number of carboxylic acid groups (broad SMARTS) is 1. The predicted molar refractivity (Wildman–Crippen MR) is 79.2 cm³/mol. The molecule has 0 atom stereocenters. The van der Waals surface area contributed by atoms with Gasteiger partial charge in [-0.2, -0.15) is 0 Å². The highest BCUT2D eigenvalue weighted by Crippen LogP contribution is 2.28. The zero-order valence-corrected chi connectivity index (χ0v) is 11.8. The van der Waals surface area contributed by atoms with Crippen LogP contribution in [0.25, 0.3) is 0 Å². The Bertz CT molecular complexity index is 728. The van der Waals surface area contributed by atoms with E-state index in [1.54, 1.807) is 18.2 Å². The average Bonchev–Trinajstić information content (AvgIpc) is 2.40. The highest BCUT2D eigenvalue weighted by atomic mass is 35.5. The minimum Gasteiger partial charge on any atom is -0.505 e. The third-order valence-corrected chi connectivity index (χ3v) is 3.20. The number of para-hydroxylation sites is 1. The average molecular weight is 306 g/mol. The van der Waals surface area contributed by atoms with Crippen molar-refractivity contribution < 1.29 is 19.8 Å². The molecule has 0 unspecified atom stereocenters. The molecule has 108 valence electrons. The fraction of sp³-hybridized carbons (Fsp3) is 0.0667. The van der Waals surface area contributed by atoms with E-state index in [4.69, 9.17) is 16.7 Å². The summed E-state index contributed by atoms with van der Waals surface area (Å²) >= 11 is 5.99. The molecule has 2 rings (SSSR count). The van der Waals surface area contributed by atoms with Crippen LogP contribution in [0.5, 0.6) is 5.75 Å². The van der Waals surface area contributed by atoms with Crippen LogP contribution in [0, 0.1) is 6.92 Å². The van der Waals surface area contributed by atoms with E-state index < -0.39 is 17.6 Å². The number of benzene rings is 2. The molecule has 2 aromatic carbocycles. The fourth-order valence-corrected chi connectivity index (χ4v) is 2.13. The Balaban J connectivity index is 2.32. The summed E-state index contributed by atoms with van der Waals surface area (Å²) in [7, 11) is 0. The molecule has 0 aromatic heterocycles. The quantitative estimate of drug-likeness (QED) is 0.759. The van der Waals surface area contributed by atoms with E-state index >= 15 is 0 Å². The summed E-state index contributed by atoms with van der Waals surface area (Å²) < 4.78 is 0. The van der Waals surface area contributed by atoms with Gasteiger partial charge in [-0.25, -0.2) is 4.79 Å². The Morgan fingerprint density at radius 3 is 2.48 bits per heavy atom. The predicted octanol–water partition coefficient (Wildman–Crippen LogP) is 3.30. The number of aromatic hydroxyl groups is 1. The Kier molecular flexibility index (Phi) is 4.14. The number of halogens is 1. The van der Waals surface area contributed by atoms with Crippen LogP contribution < -0.4 is 5.32 Å². The summed E-state index contributed by atoms with van der Waals surface area (Å²) in [4.78, 5) is 23.1. The molecular formula is C15H12ClNO4. The highest BCUT2D eigenvalue weighted by Gasteiger charge is 2.16. The first-order valence-electron chi connectivity index (χ1n) is 6.03. The lowest BCUT2D eigenvalue weighted by molar-refractivity contribution is 0.0693. The largest absolute Gasteiger partial charge is 0.505 e. The molecule has 0 saturated heterocycles. The summed E-state index contributed by atoms with van der Waals surface area (Å²) in [5.41, 5.74) is 0.869. The van der Waals surface area contributed by atoms with Gasteiger partial charge in [-0.05, 0) is 36.8 Å². The third-order valence-electron chi connectivity index (χ3n) is 2.88. The van der Waals surface area contributed by atoms with Crippen LogP contribution >= 0.6 is 11.6 Å². The number of nitrogens with one attached hydrogen (secondary N) is 1. The summed E-state index contributed by atoms with van der Waals surface area (Å²) in [6.45, 7) is 1.84. The van der Waals surface area contributed by atoms with Gasteiger partial charge >= 0.3 is 5.97 Å². The lowest BCUT2D eigenvalue weighted by Crippen LogP contribution is -2.13. The SMILES string of the molecule is Cc1ccc(C(=O)Nc2cccc(C(=O)O)c2O)c(Cl)c1. The normalized spacial score (nSPS) is 10.2. The molecule has 0 aliphatic heterocycles. The molecular weight excluding hydrogens is 294 g/mol. The molecule has 0 spiro atoms. The van der Waals surface area contributed by atoms with E-state index in [1.807, 2.05) is 6.92 Å². The number of anilines is 1. The van der Waals surface area contributed by atoms with Crippen molar-refractivity contribution in [3.8, 4) is 5.75 Å². The molecule has 6 heteroatoms. The second-order valence-corrected chi connectivity index (χ2v) is 4.85. The summed E-state index contributed by atoms with van der Waals surface area (Å²) in [6.07, 6.45) is 0. The standard InChI is InChI=1S/C15H12ClNO4/c1-8-5-6-9(11(16)7-8)14(19)17-12-4-2-3-10(13(12)18)15(20)21/h2-7,18H,1H3,(H,17,19)(H,20,21). The van der Waals surface area contributed by atoms with Crippen molar-refractivity contribution in [2.24, 2.45) is 0 Å². The second kappa shape index (κ2) is 5.85. The molecule has 3 N–H and O–H groups in total. The van der Waals surface area contributed by atoms with Crippen LogP contribution in [0.2, 0.25) is 5.02 Å². The van der Waals surface area contributed by atoms with Crippen molar-refractivity contribution in [1.82, 2.24) is 0 Å². The lowest BCUT2D eigenvalue weighted by atomic mass is 10.1. The maximum Gasteiger partial charge on any atom is 0.339 e. The fourth-order valence-electron chi connectivity index (χ4n) is 1.81. The van der Waals surface area contributed by atoms with E-state index in [9.17, 15) is 14.7 Å². The van der Waals surface area contributed by atoms with E-state index in [2.05, 4.69) is 5.32 Å². The van der Waals surface area contributed by atoms with Gasteiger partial charge in [0.25, 0.3) is 5.91 Å². The highest BCUT2D eigenvalue weighted by molar-refractivity contribution is 6.34. The van der Waals surface area contributed by atoms with Crippen molar-refractivity contribution in [3.05, 3.63) is 58.1 Å². The van der Waals surface area contributed by atoms with Gasteiger partial charge in [0.1, 0.15) is 5.56 Å². The van der Waals surface area contributed by atoms with Gasteiger partial charge in [-0.15, -0.1) is 0 Å². The van der Waals surface area contributed by atoms with Crippen molar-refractivity contribution >= 4 is 29.2 Å². The molecule has 1 amide bonds. The number of hydrogen-bond donors (Lipinski definition) is 3. The van der Waals surface area contributed by atoms with Crippen LogP contribution in [0.1, 0.15) is 26.3 Å². The summed E-state index contributed by atoms with van der Waals surface area (Å²) in [5, 5.41) is 21.5. The van der Waals surface area contributed by atoms with E-state index in [0.29, 0.717) is 0 Å². The number of phenols is 1. The van der Waals surface area contributed by atoms with Crippen LogP contribution in [0.4, 0.5) is 5.69 Å². The number of carbonyl (C=O) groups excluding carboxylic acids is 1. The number of hydrogen-bond acceptors (Lipinski definition) is 3. The third kappa shape index (κ3) is 3.14. The number of rotatable bonds is 3. The Labute approximate surface area is 125 Å². The Morgan fingerprint density at radius 2 is 1.86 bits per heavy atom. The Morgan fingerprint density at radius 1 is 1.14 bits per heavy atom. The minimum atomic E-state index is -1.28. The monoisotopic (exact) mass is 305 g/mol. The molecule has 0 aliphatic rings. The topological polar surface area (TPSA) is 86.6 Å². The lowest BCUT2D eigenvalue weighted by Gasteiger charge is -2.10. The molecule has 2 aromatic rings. The zero-order valence-electron chi connectivity index (χ0n) is 11.1. The van der Waals surface area contributed by atoms with Gasteiger partial charge < -0.3 is 15.5 Å². The van der Waals surface area contributed by atoms with Crippen molar-refractivity contribution in [2.45, 2.75) is 6.92 Å². The smallest absolute Gasteiger partial charge is 0.339 e. The maximum atomic E-state index is 12.1. The summed E-state index contributed by atoms with van der Waals surface area (Å²) in [6, 6.07) is 9.01. The number of amides is 1. The zero-order chi connectivity index (χ0) is 15.6. The van der Waals surface area contributed by atoms with Gasteiger partial charge in [0.15, 0.2) is 5.75 Å². The van der Waals surface area contributed by atoms with Crippen molar-refractivity contribution in [1.29, 1.82) is 0 Å². The van der Waals surface area contributed by atoms with E-state index in [0.717, 1.165) is 5.56 Å². The first-order valence-corrected chi connectivity index (χ1v) is 6.40. The maximum absolute atomic E-state index is 12.1. The van der Waals surface area contributed by atoms with Gasteiger partial charge in [0.05, 0.1) is 16.3 Å². The number of aromatic carboxylic acids is 1. The molecule has 0 fully saturated rings. The molecule has 0 saturated carbocycles. The summed E-state index contributed by atoms with van der Waals surface area (Å²) in [5.74, 6) is -2.31. The number of carboxylic acids is 1. The first-order chi connectivity index (χ1) is 9.90. The molecule has 0 radical (unpaired) electrons. The molecule has 0 aliphatic carbocycles. The van der Waals surface area contributed by atoms with Gasteiger partial charge in [-0.3, -0.25) is 4.79 Å². The molecule has 21 heavy (non-hydrogen) atoms. The van der Waals surface area contributed by atoms with Crippen LogP contribution in [-0.2, 0) is 0 Å². The Hall–Kier alpha value is -2.53. The van der Waals surface area contributed by atoms with Crippen LogP contribution in [0.3, 0.4) is 0 Å². The second-order valence-electron chi connectivity index (χ2n) is 4.44. The van der Waals surface area contributed by atoms with Crippen molar-refractivity contribution in [3.63, 3.8) is 0 Å². The molecule has 0 bridgehead atoms. The molecule has 5 nitrogen and oxygen atoms in total. The minimum absolute atomic E-state index is 0.0107. The first kappa shape index (κ1) is 14.9. The van der Waals surface area contributed by atoms with E-state index in [1.165, 1.54) is 18.2 Å². The van der Waals surface area contributed by atoms with Gasteiger partial charge in [0, 0.05) is 0 Å². The van der Waals surface area contributed by atoms with E-state index in [-0.39, 0.29) is 21.8 Å².